The first-order valence-corrected chi connectivity index (χ1v) is 9.43. The Labute approximate surface area is 177 Å². The van der Waals surface area contributed by atoms with Crippen molar-refractivity contribution in [3.05, 3.63) is 94.8 Å². The van der Waals surface area contributed by atoms with Gasteiger partial charge in [0.15, 0.2) is 6.61 Å². The van der Waals surface area contributed by atoms with E-state index in [4.69, 9.17) is 9.84 Å². The second-order valence-corrected chi connectivity index (χ2v) is 6.52. The predicted molar refractivity (Wildman–Crippen MR) is 118 cm³/mol. The van der Waals surface area contributed by atoms with Crippen LogP contribution < -0.4 is 15.7 Å². The molecule has 0 saturated carbocycles. The Balaban J connectivity index is 1.71. The summed E-state index contributed by atoms with van der Waals surface area (Å²) in [4.78, 5) is 28.5. The zero-order valence-electron chi connectivity index (χ0n) is 16.3. The largest absolute Gasteiger partial charge is 0.481 e. The number of hydrogen-bond acceptors (Lipinski definition) is 6. The minimum atomic E-state index is -1.07. The van der Waals surface area contributed by atoms with E-state index in [2.05, 4.69) is 15.5 Å². The lowest BCUT2D eigenvalue weighted by atomic mass is 10.2. The molecule has 154 valence electrons. The molecule has 0 unspecified atom stereocenters. The minimum Gasteiger partial charge on any atom is -0.481 e. The summed E-state index contributed by atoms with van der Waals surface area (Å²) in [5.41, 5.74) is 4.38. The molecule has 1 heterocycles. The van der Waals surface area contributed by atoms with E-state index in [1.807, 2.05) is 36.4 Å². The van der Waals surface area contributed by atoms with Crippen molar-refractivity contribution in [1.82, 2.24) is 9.55 Å². The lowest BCUT2D eigenvalue weighted by Gasteiger charge is -2.12. The summed E-state index contributed by atoms with van der Waals surface area (Å²) < 4.78 is 6.73. The number of benzene rings is 3. The lowest BCUT2D eigenvalue weighted by molar-refractivity contribution is -0.139. The molecule has 1 aromatic heterocycles. The van der Waals surface area contributed by atoms with Crippen LogP contribution in [0.2, 0.25) is 0 Å². The van der Waals surface area contributed by atoms with Gasteiger partial charge >= 0.3 is 5.97 Å². The topological polar surface area (TPSA) is 106 Å². The molecule has 0 fully saturated rings. The van der Waals surface area contributed by atoms with Gasteiger partial charge in [-0.15, -0.1) is 0 Å². The quantitative estimate of drug-likeness (QED) is 0.355. The third-order valence-electron chi connectivity index (χ3n) is 4.43. The molecule has 0 amide bonds. The zero-order chi connectivity index (χ0) is 21.6. The third-order valence-corrected chi connectivity index (χ3v) is 4.43. The maximum absolute atomic E-state index is 13.1. The summed E-state index contributed by atoms with van der Waals surface area (Å²) in [6.07, 6.45) is 1.48. The highest BCUT2D eigenvalue weighted by atomic mass is 16.5. The molecule has 0 radical (unpaired) electrons. The fraction of sp³-hybridized carbons (Fsp3) is 0.0435. The summed E-state index contributed by atoms with van der Waals surface area (Å²) >= 11 is 0. The Bertz CT molecular complexity index is 1320. The number of nitrogens with zero attached hydrogens (tertiary/aromatic N) is 3. The number of carbonyl (C=O) groups is 1. The van der Waals surface area contributed by atoms with Crippen LogP contribution in [0, 0.1) is 0 Å². The average Bonchev–Trinajstić information content (AvgIpc) is 2.79. The molecule has 0 bridgehead atoms. The van der Waals surface area contributed by atoms with E-state index in [-0.39, 0.29) is 11.5 Å². The number of rotatable bonds is 7. The van der Waals surface area contributed by atoms with E-state index in [9.17, 15) is 9.59 Å². The van der Waals surface area contributed by atoms with E-state index >= 15 is 0 Å². The standard InChI is InChI=1S/C23H18N4O4/c28-21(29)15-31-20-13-7-4-8-16(20)14-24-26-23-25-19-12-6-5-11-18(19)22(30)27(23)17-9-2-1-3-10-17/h1-14H,15H2,(H,25,26)(H,28,29)/b24-14+. The molecule has 31 heavy (non-hydrogen) atoms. The Morgan fingerprint density at radius 1 is 1.03 bits per heavy atom. The number of nitrogens with one attached hydrogen (secondary N) is 1. The average molecular weight is 414 g/mol. The Kier molecular flexibility index (Phi) is 5.70. The van der Waals surface area contributed by atoms with Gasteiger partial charge in [-0.05, 0) is 36.4 Å². The van der Waals surface area contributed by atoms with Gasteiger partial charge in [-0.3, -0.25) is 4.79 Å². The Morgan fingerprint density at radius 3 is 2.55 bits per heavy atom. The Morgan fingerprint density at radius 2 is 1.74 bits per heavy atom. The molecular formula is C23H18N4O4. The van der Waals surface area contributed by atoms with Crippen LogP contribution >= 0.6 is 0 Å². The first-order valence-electron chi connectivity index (χ1n) is 9.43. The lowest BCUT2D eigenvalue weighted by Crippen LogP contribution is -2.22. The number of anilines is 1. The van der Waals surface area contributed by atoms with Crippen LogP contribution in [-0.4, -0.2) is 33.4 Å². The number of carboxylic acids is 1. The molecule has 0 atom stereocenters. The van der Waals surface area contributed by atoms with E-state index < -0.39 is 12.6 Å². The molecule has 0 aliphatic carbocycles. The fourth-order valence-corrected chi connectivity index (χ4v) is 3.04. The number of fused-ring (bicyclic) bond motifs is 1. The molecule has 0 saturated heterocycles. The number of carboxylic acid groups (broad SMARTS) is 1. The van der Waals surface area contributed by atoms with E-state index in [0.29, 0.717) is 27.9 Å². The van der Waals surface area contributed by atoms with E-state index in [1.54, 1.807) is 42.5 Å². The number of aromatic nitrogens is 2. The number of para-hydroxylation sites is 3. The van der Waals surface area contributed by atoms with Gasteiger partial charge in [0.05, 0.1) is 22.8 Å². The normalized spacial score (nSPS) is 11.0. The smallest absolute Gasteiger partial charge is 0.341 e. The minimum absolute atomic E-state index is 0.223. The number of aliphatic carboxylic acids is 1. The third kappa shape index (κ3) is 4.43. The van der Waals surface area contributed by atoms with Gasteiger partial charge in [0.25, 0.3) is 5.56 Å². The van der Waals surface area contributed by atoms with Gasteiger partial charge in [-0.2, -0.15) is 5.10 Å². The molecule has 0 aliphatic rings. The van der Waals surface area contributed by atoms with Crippen LogP contribution in [0.5, 0.6) is 5.75 Å². The van der Waals surface area contributed by atoms with Crippen LogP contribution in [0.3, 0.4) is 0 Å². The van der Waals surface area contributed by atoms with Crippen molar-refractivity contribution in [2.45, 2.75) is 0 Å². The van der Waals surface area contributed by atoms with Crippen molar-refractivity contribution in [2.24, 2.45) is 5.10 Å². The molecule has 3 aromatic carbocycles. The summed E-state index contributed by atoms with van der Waals surface area (Å²) in [6.45, 7) is -0.460. The SMILES string of the molecule is O=C(O)COc1ccccc1/C=N/Nc1nc2ccccc2c(=O)n1-c1ccccc1. The van der Waals surface area contributed by atoms with Gasteiger partial charge in [0, 0.05) is 5.56 Å². The van der Waals surface area contributed by atoms with Crippen molar-refractivity contribution in [2.75, 3.05) is 12.0 Å². The fourth-order valence-electron chi connectivity index (χ4n) is 3.04. The molecule has 4 aromatic rings. The highest BCUT2D eigenvalue weighted by Gasteiger charge is 2.12. The van der Waals surface area contributed by atoms with E-state index in [0.717, 1.165) is 0 Å². The van der Waals surface area contributed by atoms with Gasteiger partial charge in [0.1, 0.15) is 5.75 Å². The molecule has 8 heteroatoms. The summed E-state index contributed by atoms with van der Waals surface area (Å²) in [5, 5.41) is 13.5. The van der Waals surface area contributed by atoms with Crippen LogP contribution in [-0.2, 0) is 4.79 Å². The van der Waals surface area contributed by atoms with Crippen molar-refractivity contribution < 1.29 is 14.6 Å². The molecule has 0 spiro atoms. The maximum Gasteiger partial charge on any atom is 0.341 e. The van der Waals surface area contributed by atoms with Gasteiger partial charge in [-0.1, -0.05) is 42.5 Å². The summed E-state index contributed by atoms with van der Waals surface area (Å²) in [5.74, 6) is -0.449. The zero-order valence-corrected chi connectivity index (χ0v) is 16.3. The van der Waals surface area contributed by atoms with E-state index in [1.165, 1.54) is 10.8 Å². The first-order chi connectivity index (χ1) is 15.1. The van der Waals surface area contributed by atoms with Crippen molar-refractivity contribution in [3.63, 3.8) is 0 Å². The van der Waals surface area contributed by atoms with Crippen molar-refractivity contribution >= 4 is 29.0 Å². The van der Waals surface area contributed by atoms with Crippen LogP contribution in [0.25, 0.3) is 16.6 Å². The Hall–Kier alpha value is -4.46. The number of hydrazone groups is 1. The molecular weight excluding hydrogens is 396 g/mol. The van der Waals surface area contributed by atoms with Gasteiger partial charge in [-0.25, -0.2) is 19.8 Å². The highest BCUT2D eigenvalue weighted by Crippen LogP contribution is 2.18. The molecule has 2 N–H and O–H groups in total. The first kappa shape index (κ1) is 19.8. The molecule has 8 nitrogen and oxygen atoms in total. The summed E-state index contributed by atoms with van der Waals surface area (Å²) in [7, 11) is 0. The number of hydrogen-bond donors (Lipinski definition) is 2. The van der Waals surface area contributed by atoms with Gasteiger partial charge in [0.2, 0.25) is 5.95 Å². The number of ether oxygens (including phenoxy) is 1. The second-order valence-electron chi connectivity index (χ2n) is 6.52. The highest BCUT2D eigenvalue weighted by molar-refractivity contribution is 5.84. The monoisotopic (exact) mass is 414 g/mol. The molecule has 0 aliphatic heterocycles. The van der Waals surface area contributed by atoms with Gasteiger partial charge < -0.3 is 9.84 Å². The molecule has 4 rings (SSSR count). The van der Waals surface area contributed by atoms with Crippen LogP contribution in [0.1, 0.15) is 5.56 Å². The second kappa shape index (κ2) is 8.91. The van der Waals surface area contributed by atoms with Crippen molar-refractivity contribution in [1.29, 1.82) is 0 Å². The van der Waals surface area contributed by atoms with Crippen LogP contribution in [0.4, 0.5) is 5.95 Å². The van der Waals surface area contributed by atoms with Crippen LogP contribution in [0.15, 0.2) is 88.8 Å². The summed E-state index contributed by atoms with van der Waals surface area (Å²) in [6, 6.07) is 23.1. The maximum atomic E-state index is 13.1. The van der Waals surface area contributed by atoms with Crippen molar-refractivity contribution in [3.8, 4) is 11.4 Å². The predicted octanol–water partition coefficient (Wildman–Crippen LogP) is 3.30.